The number of nitrogens with zero attached hydrogens (tertiary/aromatic N) is 3. The number of rotatable bonds is 4. The molecule has 0 unspecified atom stereocenters. The fraction of sp³-hybridized carbons (Fsp3) is 0.556. The number of nitrogen functional groups attached to an aromatic ring is 1. The topological polar surface area (TPSA) is 140 Å². The Balaban J connectivity index is 2.36. The van der Waals surface area contributed by atoms with E-state index < -0.39 is 36.0 Å². The Morgan fingerprint density at radius 3 is 2.95 bits per heavy atom. The molecule has 4 N–H and O–H groups in total. The van der Waals surface area contributed by atoms with Crippen molar-refractivity contribution in [2.75, 3.05) is 12.3 Å². The molecule has 1 aromatic rings. The Morgan fingerprint density at radius 1 is 1.63 bits per heavy atom. The SMILES string of the molecule is Nc1ccn([C@@H]2O[C@H](CO)[C@@H](O)[C@H]2SN=O)c(=O)n1. The first-order valence-corrected chi connectivity index (χ1v) is 6.19. The van der Waals surface area contributed by atoms with Gasteiger partial charge in [-0.2, -0.15) is 4.98 Å². The fourth-order valence-electron chi connectivity index (χ4n) is 1.88. The van der Waals surface area contributed by atoms with Crippen LogP contribution in [-0.2, 0) is 4.74 Å². The molecule has 0 radical (unpaired) electrons. The Bertz CT molecular complexity index is 524. The minimum Gasteiger partial charge on any atom is -0.394 e. The number of anilines is 1. The zero-order valence-corrected chi connectivity index (χ0v) is 10.4. The lowest BCUT2D eigenvalue weighted by Crippen LogP contribution is -2.34. The first-order valence-electron chi connectivity index (χ1n) is 5.36. The van der Waals surface area contributed by atoms with Crippen molar-refractivity contribution in [3.8, 4) is 0 Å². The van der Waals surface area contributed by atoms with Gasteiger partial charge in [0.15, 0.2) is 6.23 Å². The molecule has 1 aromatic heterocycles. The Morgan fingerprint density at radius 2 is 2.37 bits per heavy atom. The smallest absolute Gasteiger partial charge is 0.351 e. The lowest BCUT2D eigenvalue weighted by molar-refractivity contribution is -0.0456. The van der Waals surface area contributed by atoms with Crippen molar-refractivity contribution in [3.63, 3.8) is 0 Å². The number of aliphatic hydroxyl groups excluding tert-OH is 2. The molecule has 1 fully saturated rings. The molecule has 2 heterocycles. The number of nitroso groups, excluding NO2 is 1. The van der Waals surface area contributed by atoms with Gasteiger partial charge in [0.05, 0.1) is 6.61 Å². The van der Waals surface area contributed by atoms with Crippen LogP contribution in [0.2, 0.25) is 0 Å². The number of nitrogens with two attached hydrogens (primary N) is 1. The highest BCUT2D eigenvalue weighted by Crippen LogP contribution is 2.37. The van der Waals surface area contributed by atoms with Crippen molar-refractivity contribution in [1.82, 2.24) is 9.55 Å². The summed E-state index contributed by atoms with van der Waals surface area (Å²) < 4.78 is 9.10. The molecule has 0 saturated carbocycles. The van der Waals surface area contributed by atoms with Crippen LogP contribution in [0.25, 0.3) is 0 Å². The van der Waals surface area contributed by atoms with Gasteiger partial charge in [-0.05, 0) is 6.07 Å². The Kier molecular flexibility index (Phi) is 4.14. The lowest BCUT2D eigenvalue weighted by Gasteiger charge is -2.18. The molecule has 104 valence electrons. The van der Waals surface area contributed by atoms with E-state index in [1.165, 1.54) is 12.3 Å². The maximum atomic E-state index is 11.7. The van der Waals surface area contributed by atoms with Gasteiger partial charge < -0.3 is 20.7 Å². The average molecular weight is 288 g/mol. The van der Waals surface area contributed by atoms with E-state index in [0.717, 1.165) is 4.57 Å². The van der Waals surface area contributed by atoms with E-state index in [9.17, 15) is 14.8 Å². The molecule has 1 aliphatic rings. The highest BCUT2D eigenvalue weighted by molar-refractivity contribution is 7.98. The Labute approximate surface area is 111 Å². The van der Waals surface area contributed by atoms with Crippen LogP contribution >= 0.6 is 11.9 Å². The zero-order valence-electron chi connectivity index (χ0n) is 9.62. The van der Waals surface area contributed by atoms with Crippen molar-refractivity contribution in [3.05, 3.63) is 27.7 Å². The second kappa shape index (κ2) is 5.65. The van der Waals surface area contributed by atoms with Gasteiger partial charge in [0.1, 0.15) is 23.3 Å². The van der Waals surface area contributed by atoms with Crippen LogP contribution < -0.4 is 11.4 Å². The monoisotopic (exact) mass is 288 g/mol. The zero-order chi connectivity index (χ0) is 14.0. The maximum Gasteiger partial charge on any atom is 0.351 e. The highest BCUT2D eigenvalue weighted by atomic mass is 32.2. The molecule has 0 bridgehead atoms. The normalized spacial score (nSPS) is 30.4. The van der Waals surface area contributed by atoms with Gasteiger partial charge in [-0.25, -0.2) is 4.79 Å². The van der Waals surface area contributed by atoms with E-state index in [4.69, 9.17) is 15.6 Å². The van der Waals surface area contributed by atoms with E-state index in [2.05, 4.69) is 9.57 Å². The molecular weight excluding hydrogens is 276 g/mol. The van der Waals surface area contributed by atoms with E-state index in [1.54, 1.807) is 0 Å². The molecule has 2 rings (SSSR count). The lowest BCUT2D eigenvalue weighted by atomic mass is 10.2. The fourth-order valence-corrected chi connectivity index (χ4v) is 2.57. The maximum absolute atomic E-state index is 11.7. The molecule has 1 aliphatic heterocycles. The summed E-state index contributed by atoms with van der Waals surface area (Å²) in [5.74, 6) is 0.0521. The molecule has 0 spiro atoms. The van der Waals surface area contributed by atoms with Gasteiger partial charge in [-0.3, -0.25) is 4.57 Å². The van der Waals surface area contributed by atoms with Gasteiger partial charge >= 0.3 is 5.69 Å². The standard InChI is InChI=1S/C9H12N4O5S/c10-5-1-2-13(9(16)11-5)8-7(19-12-17)6(15)4(3-14)18-8/h1-2,4,6-8,14-15H,3H2,(H2,10,11,16)/t4-,6-,7-,8-/m1/s1. The van der Waals surface area contributed by atoms with Gasteiger partial charge in [0.2, 0.25) is 0 Å². The quantitative estimate of drug-likeness (QED) is 0.466. The van der Waals surface area contributed by atoms with Crippen molar-refractivity contribution in [2.24, 2.45) is 4.58 Å². The number of ether oxygens (including phenoxy) is 1. The third-order valence-corrected chi connectivity index (χ3v) is 3.62. The molecular formula is C9H12N4O5S. The highest BCUT2D eigenvalue weighted by Gasteiger charge is 2.45. The minimum atomic E-state index is -1.12. The first kappa shape index (κ1) is 13.9. The Hall–Kier alpha value is -1.49. The summed E-state index contributed by atoms with van der Waals surface area (Å²) in [6.45, 7) is -0.440. The second-order valence-electron chi connectivity index (χ2n) is 3.93. The summed E-state index contributed by atoms with van der Waals surface area (Å²) in [7, 11) is 0. The summed E-state index contributed by atoms with van der Waals surface area (Å²) in [6, 6.07) is 1.39. The summed E-state index contributed by atoms with van der Waals surface area (Å²) in [5, 5.41) is 18.2. The van der Waals surface area contributed by atoms with Crippen LogP contribution in [0.5, 0.6) is 0 Å². The third kappa shape index (κ3) is 2.61. The summed E-state index contributed by atoms with van der Waals surface area (Å²) in [4.78, 5) is 25.6. The van der Waals surface area contributed by atoms with Crippen molar-refractivity contribution >= 4 is 17.8 Å². The van der Waals surface area contributed by atoms with Crippen molar-refractivity contribution in [2.45, 2.75) is 23.7 Å². The van der Waals surface area contributed by atoms with Crippen LogP contribution in [0.3, 0.4) is 0 Å². The van der Waals surface area contributed by atoms with Gasteiger partial charge in [0.25, 0.3) is 0 Å². The molecule has 9 nitrogen and oxygen atoms in total. The van der Waals surface area contributed by atoms with E-state index in [1.807, 2.05) is 0 Å². The molecule has 4 atom stereocenters. The van der Waals surface area contributed by atoms with Crippen molar-refractivity contribution in [1.29, 1.82) is 0 Å². The van der Waals surface area contributed by atoms with Crippen LogP contribution in [0.4, 0.5) is 5.82 Å². The van der Waals surface area contributed by atoms with Crippen LogP contribution in [0.1, 0.15) is 6.23 Å². The van der Waals surface area contributed by atoms with Crippen molar-refractivity contribution < 1.29 is 14.9 Å². The summed E-state index contributed by atoms with van der Waals surface area (Å²) in [6.07, 6.45) is -1.62. The molecule has 0 aliphatic carbocycles. The second-order valence-corrected chi connectivity index (χ2v) is 4.83. The number of hydrogen-bond donors (Lipinski definition) is 3. The predicted octanol–water partition coefficient (Wildman–Crippen LogP) is -1.14. The van der Waals surface area contributed by atoms with Crippen LogP contribution in [-0.4, -0.2) is 43.8 Å². The predicted molar refractivity (Wildman–Crippen MR) is 67.1 cm³/mol. The minimum absolute atomic E-state index is 0.0521. The van der Waals surface area contributed by atoms with Gasteiger partial charge in [-0.1, -0.05) is 0 Å². The van der Waals surface area contributed by atoms with Gasteiger partial charge in [-0.15, -0.1) is 4.91 Å². The van der Waals surface area contributed by atoms with Crippen LogP contribution in [0.15, 0.2) is 21.6 Å². The molecule has 10 heteroatoms. The molecule has 0 aromatic carbocycles. The largest absolute Gasteiger partial charge is 0.394 e. The first-order chi connectivity index (χ1) is 9.08. The van der Waals surface area contributed by atoms with E-state index in [0.29, 0.717) is 11.9 Å². The van der Waals surface area contributed by atoms with Gasteiger partial charge in [0, 0.05) is 22.7 Å². The number of hydrogen-bond acceptors (Lipinski definition) is 9. The van der Waals surface area contributed by atoms with E-state index in [-0.39, 0.29) is 5.82 Å². The summed E-state index contributed by atoms with van der Waals surface area (Å²) in [5.41, 5.74) is 4.70. The van der Waals surface area contributed by atoms with E-state index >= 15 is 0 Å². The number of aliphatic hydroxyl groups is 2. The summed E-state index contributed by atoms with van der Waals surface area (Å²) >= 11 is 0.547. The van der Waals surface area contributed by atoms with Crippen LogP contribution in [0, 0.1) is 4.91 Å². The average Bonchev–Trinajstić information content (AvgIpc) is 2.68. The number of aromatic nitrogens is 2. The molecule has 1 saturated heterocycles. The molecule has 19 heavy (non-hydrogen) atoms. The molecule has 0 amide bonds. The third-order valence-electron chi connectivity index (χ3n) is 2.78.